The lowest BCUT2D eigenvalue weighted by Crippen LogP contribution is -2.45. The summed E-state index contributed by atoms with van der Waals surface area (Å²) < 4.78 is 0. The van der Waals surface area contributed by atoms with Crippen molar-refractivity contribution in [3.63, 3.8) is 0 Å². The maximum atomic E-state index is 12.4. The van der Waals surface area contributed by atoms with Gasteiger partial charge in [0.2, 0.25) is 11.9 Å². The zero-order valence-corrected chi connectivity index (χ0v) is 19.0. The highest BCUT2D eigenvalue weighted by Crippen LogP contribution is 2.25. The van der Waals surface area contributed by atoms with Crippen LogP contribution in [-0.4, -0.2) is 48.2 Å². The van der Waals surface area contributed by atoms with E-state index in [-0.39, 0.29) is 18.2 Å². The maximum absolute atomic E-state index is 12.4. The average molecular weight is 477 g/mol. The Morgan fingerprint density at radius 1 is 1.35 bits per heavy atom. The van der Waals surface area contributed by atoms with Crippen LogP contribution in [0.5, 0.6) is 0 Å². The number of rotatable bonds is 8. The van der Waals surface area contributed by atoms with Crippen LogP contribution >= 0.6 is 34.5 Å². The predicted octanol–water partition coefficient (Wildman–Crippen LogP) is 3.67. The zero-order chi connectivity index (χ0) is 22.2. The van der Waals surface area contributed by atoms with Crippen molar-refractivity contribution in [1.29, 1.82) is 10.7 Å². The first kappa shape index (κ1) is 23.1. The van der Waals surface area contributed by atoms with Gasteiger partial charge < -0.3 is 15.6 Å². The topological polar surface area (TPSA) is 104 Å². The van der Waals surface area contributed by atoms with E-state index in [1.54, 1.807) is 34.4 Å². The van der Waals surface area contributed by atoms with Crippen LogP contribution in [0.25, 0.3) is 0 Å². The third kappa shape index (κ3) is 6.20. The van der Waals surface area contributed by atoms with Gasteiger partial charge in [-0.2, -0.15) is 5.26 Å². The molecule has 1 saturated heterocycles. The number of guanidine groups is 1. The summed E-state index contributed by atoms with van der Waals surface area (Å²) in [6.45, 7) is 1.31. The summed E-state index contributed by atoms with van der Waals surface area (Å²) in [6.07, 6.45) is 3.89. The molecule has 0 aliphatic carbocycles. The lowest BCUT2D eigenvalue weighted by Gasteiger charge is -2.27. The first-order chi connectivity index (χ1) is 15.0. The number of nitriles is 1. The third-order valence-electron chi connectivity index (χ3n) is 4.89. The molecule has 1 unspecified atom stereocenters. The molecule has 1 aliphatic rings. The number of hydrogen-bond donors (Lipinski definition) is 3. The largest absolute Gasteiger partial charge is 0.355 e. The van der Waals surface area contributed by atoms with E-state index >= 15 is 0 Å². The van der Waals surface area contributed by atoms with E-state index in [1.165, 1.54) is 4.88 Å². The molecule has 1 aliphatic heterocycles. The molecule has 0 saturated carbocycles. The molecule has 3 rings (SSSR count). The molecule has 3 N–H and O–H groups in total. The Kier molecular flexibility index (Phi) is 8.29. The number of benzene rings is 1. The molecule has 1 amide bonds. The Morgan fingerprint density at radius 3 is 2.84 bits per heavy atom. The number of halogens is 2. The van der Waals surface area contributed by atoms with Gasteiger partial charge in [-0.05, 0) is 42.0 Å². The van der Waals surface area contributed by atoms with Crippen molar-refractivity contribution < 1.29 is 4.79 Å². The summed E-state index contributed by atoms with van der Waals surface area (Å²) in [5.41, 5.74) is 0.808. The average Bonchev–Trinajstić information content (AvgIpc) is 3.42. The molecule has 7 nitrogen and oxygen atoms in total. The van der Waals surface area contributed by atoms with Crippen molar-refractivity contribution >= 4 is 52.1 Å². The van der Waals surface area contributed by atoms with Crippen LogP contribution in [0.2, 0.25) is 10.0 Å². The van der Waals surface area contributed by atoms with Crippen molar-refractivity contribution in [3.8, 4) is 6.19 Å². The maximum Gasteiger partial charge on any atom is 0.223 e. The molecule has 0 radical (unpaired) electrons. The van der Waals surface area contributed by atoms with Crippen LogP contribution in [0.15, 0.2) is 40.7 Å². The molecule has 1 aromatic heterocycles. The van der Waals surface area contributed by atoms with Crippen LogP contribution in [0.3, 0.4) is 0 Å². The fourth-order valence-electron chi connectivity index (χ4n) is 3.33. The van der Waals surface area contributed by atoms with E-state index in [0.717, 1.165) is 12.8 Å². The Bertz CT molecular complexity index is 1000. The molecule has 1 aromatic carbocycles. The van der Waals surface area contributed by atoms with Crippen molar-refractivity contribution in [2.75, 3.05) is 19.6 Å². The molecule has 0 bridgehead atoms. The second kappa shape index (κ2) is 11.1. The Balaban J connectivity index is 1.75. The Hall–Kier alpha value is -2.60. The second-order valence-electron chi connectivity index (χ2n) is 6.93. The summed E-state index contributed by atoms with van der Waals surface area (Å²) in [5.74, 6) is 0.308. The van der Waals surface area contributed by atoms with Crippen LogP contribution in [-0.2, 0) is 11.2 Å². The molecule has 31 heavy (non-hydrogen) atoms. The summed E-state index contributed by atoms with van der Waals surface area (Å²) >= 11 is 13.8. The molecular weight excluding hydrogens is 455 g/mol. The standard InChI is InChI=1S/C21H22Cl2N6OS/c22-16-6-5-14(11-17(16)23)20(25)18(29-9-1-4-19(29)30)12-27-21(28-13-24)26-8-7-15-3-2-10-31-15/h2-3,5-6,10-11,18,25H,1,4,7-9,12H2,(H2,26,27,28). The predicted molar refractivity (Wildman–Crippen MR) is 125 cm³/mol. The molecule has 10 heteroatoms. The number of amides is 1. The van der Waals surface area contributed by atoms with Crippen molar-refractivity contribution in [3.05, 3.63) is 56.2 Å². The molecule has 1 atom stereocenters. The number of aliphatic imine (C=N–C) groups is 1. The van der Waals surface area contributed by atoms with Crippen LogP contribution in [0, 0.1) is 16.9 Å². The first-order valence-electron chi connectivity index (χ1n) is 9.78. The van der Waals surface area contributed by atoms with Gasteiger partial charge in [0, 0.05) is 24.4 Å². The normalized spacial score (nSPS) is 14.9. The molecule has 0 spiro atoms. The van der Waals surface area contributed by atoms with Crippen molar-refractivity contribution in [2.24, 2.45) is 4.99 Å². The fraction of sp³-hybridized carbons (Fsp3) is 0.333. The van der Waals surface area contributed by atoms with E-state index in [0.29, 0.717) is 41.1 Å². The minimum atomic E-state index is -0.568. The van der Waals surface area contributed by atoms with Gasteiger partial charge in [0.25, 0.3) is 0 Å². The summed E-state index contributed by atoms with van der Waals surface area (Å²) in [5, 5.41) is 26.2. The van der Waals surface area contributed by atoms with Gasteiger partial charge in [-0.1, -0.05) is 35.3 Å². The smallest absolute Gasteiger partial charge is 0.223 e. The summed E-state index contributed by atoms with van der Waals surface area (Å²) in [4.78, 5) is 19.8. The number of nitrogens with zero attached hydrogens (tertiary/aromatic N) is 3. The zero-order valence-electron chi connectivity index (χ0n) is 16.7. The molecular formula is C21H22Cl2N6OS. The number of carbonyl (C=O) groups is 1. The molecule has 2 heterocycles. The second-order valence-corrected chi connectivity index (χ2v) is 8.78. The van der Waals surface area contributed by atoms with E-state index < -0.39 is 6.04 Å². The number of likely N-dealkylation sites (tertiary alicyclic amines) is 1. The Morgan fingerprint density at radius 2 is 2.19 bits per heavy atom. The lowest BCUT2D eigenvalue weighted by molar-refractivity contribution is -0.128. The minimum Gasteiger partial charge on any atom is -0.355 e. The van der Waals surface area contributed by atoms with Gasteiger partial charge in [0.1, 0.15) is 0 Å². The SMILES string of the molecule is N#CNC(=NCC(C(=N)c1ccc(Cl)c(Cl)c1)N1CCCC1=O)NCCc1cccs1. The molecule has 1 fully saturated rings. The van der Waals surface area contributed by atoms with Gasteiger partial charge in [-0.15, -0.1) is 11.3 Å². The molecule has 162 valence electrons. The summed E-state index contributed by atoms with van der Waals surface area (Å²) in [6, 6.07) is 8.44. The monoisotopic (exact) mass is 476 g/mol. The lowest BCUT2D eigenvalue weighted by atomic mass is 10.0. The number of nitrogens with one attached hydrogen (secondary N) is 3. The van der Waals surface area contributed by atoms with Gasteiger partial charge in [0.05, 0.1) is 28.3 Å². The van der Waals surface area contributed by atoms with Crippen LogP contribution in [0.4, 0.5) is 0 Å². The highest BCUT2D eigenvalue weighted by molar-refractivity contribution is 7.09. The number of hydrogen-bond acceptors (Lipinski definition) is 5. The van der Waals surface area contributed by atoms with E-state index in [1.807, 2.05) is 17.6 Å². The Labute approximate surface area is 195 Å². The van der Waals surface area contributed by atoms with Gasteiger partial charge in [-0.3, -0.25) is 10.1 Å². The summed E-state index contributed by atoms with van der Waals surface area (Å²) in [7, 11) is 0. The van der Waals surface area contributed by atoms with Crippen LogP contribution < -0.4 is 10.6 Å². The van der Waals surface area contributed by atoms with E-state index in [4.69, 9.17) is 33.9 Å². The van der Waals surface area contributed by atoms with Crippen LogP contribution in [0.1, 0.15) is 23.3 Å². The minimum absolute atomic E-state index is 0.00884. The highest BCUT2D eigenvalue weighted by Gasteiger charge is 2.31. The van der Waals surface area contributed by atoms with Gasteiger partial charge in [0.15, 0.2) is 6.19 Å². The third-order valence-corrected chi connectivity index (χ3v) is 6.57. The number of carbonyl (C=O) groups excluding carboxylic acids is 1. The van der Waals surface area contributed by atoms with E-state index in [9.17, 15) is 4.79 Å². The fourth-order valence-corrected chi connectivity index (χ4v) is 4.34. The van der Waals surface area contributed by atoms with Crippen molar-refractivity contribution in [1.82, 2.24) is 15.5 Å². The molecule has 2 aromatic rings. The van der Waals surface area contributed by atoms with Gasteiger partial charge in [-0.25, -0.2) is 4.99 Å². The highest BCUT2D eigenvalue weighted by atomic mass is 35.5. The van der Waals surface area contributed by atoms with E-state index in [2.05, 4.69) is 21.7 Å². The number of thiophene rings is 1. The van der Waals surface area contributed by atoms with Crippen molar-refractivity contribution in [2.45, 2.75) is 25.3 Å². The quantitative estimate of drug-likeness (QED) is 0.234. The first-order valence-corrected chi connectivity index (χ1v) is 11.4. The van der Waals surface area contributed by atoms with Gasteiger partial charge >= 0.3 is 0 Å².